The van der Waals surface area contributed by atoms with Crippen molar-refractivity contribution >= 4 is 17.2 Å². The molecule has 0 spiro atoms. The van der Waals surface area contributed by atoms with Gasteiger partial charge < -0.3 is 10.2 Å². The van der Waals surface area contributed by atoms with E-state index in [2.05, 4.69) is 48.6 Å². The Morgan fingerprint density at radius 2 is 2.10 bits per heavy atom. The maximum Gasteiger partial charge on any atom is 0.224 e. The number of hydrogen-bond acceptors (Lipinski definition) is 3. The first-order chi connectivity index (χ1) is 10.1. The van der Waals surface area contributed by atoms with Crippen LogP contribution in [0.1, 0.15) is 29.0 Å². The number of allylic oxidation sites excluding steroid dienone is 2. The van der Waals surface area contributed by atoms with Gasteiger partial charge in [0.05, 0.1) is 6.54 Å². The number of thiophene rings is 1. The monoisotopic (exact) mass is 304 g/mol. The van der Waals surface area contributed by atoms with Crippen LogP contribution in [0.15, 0.2) is 24.3 Å². The molecule has 3 aliphatic rings. The fourth-order valence-corrected chi connectivity index (χ4v) is 4.53. The molecule has 0 saturated heterocycles. The molecule has 21 heavy (non-hydrogen) atoms. The fraction of sp³-hybridized carbons (Fsp3) is 0.588. The smallest absolute Gasteiger partial charge is 0.224 e. The van der Waals surface area contributed by atoms with E-state index >= 15 is 0 Å². The summed E-state index contributed by atoms with van der Waals surface area (Å²) in [6.45, 7) is 1.64. The molecule has 0 aromatic carbocycles. The van der Waals surface area contributed by atoms with Crippen LogP contribution in [0.4, 0.5) is 0 Å². The van der Waals surface area contributed by atoms with Crippen molar-refractivity contribution in [3.8, 4) is 0 Å². The highest BCUT2D eigenvalue weighted by atomic mass is 32.1. The van der Waals surface area contributed by atoms with Crippen LogP contribution in [0.25, 0.3) is 0 Å². The van der Waals surface area contributed by atoms with Crippen LogP contribution in [0.2, 0.25) is 0 Å². The van der Waals surface area contributed by atoms with Crippen LogP contribution in [0, 0.1) is 17.8 Å². The van der Waals surface area contributed by atoms with E-state index in [-0.39, 0.29) is 11.8 Å². The van der Waals surface area contributed by atoms with Gasteiger partial charge in [-0.2, -0.15) is 0 Å². The van der Waals surface area contributed by atoms with E-state index in [4.69, 9.17) is 0 Å². The molecule has 4 heteroatoms. The molecule has 1 aromatic heterocycles. The van der Waals surface area contributed by atoms with Crippen molar-refractivity contribution in [2.75, 3.05) is 14.1 Å². The standard InChI is InChI=1S/C17H24N2OS/c1-19(2)11-15-8-7-14(21-15)10-18-17(20)16-9-12-3-5-13(16)6-4-12/h3,5,7-8,12-13,16H,4,6,9-11H2,1-2H3,(H,18,20)/t12-,13+,16-/m1/s1. The van der Waals surface area contributed by atoms with E-state index in [1.165, 1.54) is 22.6 Å². The Balaban J connectivity index is 1.52. The molecule has 3 atom stereocenters. The van der Waals surface area contributed by atoms with Gasteiger partial charge in [-0.25, -0.2) is 0 Å². The number of rotatable bonds is 5. The maximum atomic E-state index is 12.4. The van der Waals surface area contributed by atoms with Gasteiger partial charge in [0.1, 0.15) is 0 Å². The number of nitrogens with zero attached hydrogens (tertiary/aromatic N) is 1. The van der Waals surface area contributed by atoms with Crippen molar-refractivity contribution in [1.29, 1.82) is 0 Å². The van der Waals surface area contributed by atoms with Crippen molar-refractivity contribution in [1.82, 2.24) is 10.2 Å². The quantitative estimate of drug-likeness (QED) is 0.848. The zero-order valence-electron chi connectivity index (χ0n) is 12.8. The molecule has 4 rings (SSSR count). The van der Waals surface area contributed by atoms with E-state index in [0.717, 1.165) is 13.0 Å². The Morgan fingerprint density at radius 3 is 2.71 bits per heavy atom. The number of nitrogens with one attached hydrogen (secondary N) is 1. The maximum absolute atomic E-state index is 12.4. The Hall–Kier alpha value is -1.13. The van der Waals surface area contributed by atoms with Crippen molar-refractivity contribution in [2.24, 2.45) is 17.8 Å². The third-order valence-corrected chi connectivity index (χ3v) is 5.61. The van der Waals surface area contributed by atoms with Crippen molar-refractivity contribution in [2.45, 2.75) is 32.4 Å². The molecule has 114 valence electrons. The van der Waals surface area contributed by atoms with E-state index in [1.54, 1.807) is 11.3 Å². The van der Waals surface area contributed by atoms with Crippen molar-refractivity contribution in [3.05, 3.63) is 34.0 Å². The molecule has 3 aliphatic carbocycles. The molecule has 1 N–H and O–H groups in total. The first kappa shape index (κ1) is 14.8. The Morgan fingerprint density at radius 1 is 1.29 bits per heavy atom. The summed E-state index contributed by atoms with van der Waals surface area (Å²) in [5.41, 5.74) is 0. The molecule has 1 amide bonds. The summed E-state index contributed by atoms with van der Waals surface area (Å²) in [6.07, 6.45) is 8.07. The number of amides is 1. The molecule has 1 aromatic rings. The number of carbonyl (C=O) groups is 1. The molecule has 0 unspecified atom stereocenters. The molecule has 3 nitrogen and oxygen atoms in total. The summed E-state index contributed by atoms with van der Waals surface area (Å²) >= 11 is 1.79. The zero-order valence-corrected chi connectivity index (χ0v) is 13.7. The lowest BCUT2D eigenvalue weighted by atomic mass is 9.69. The first-order valence-electron chi connectivity index (χ1n) is 7.80. The third-order valence-electron chi connectivity index (χ3n) is 4.54. The van der Waals surface area contributed by atoms with Gasteiger partial charge >= 0.3 is 0 Å². The van der Waals surface area contributed by atoms with Gasteiger partial charge in [0, 0.05) is 22.2 Å². The van der Waals surface area contributed by atoms with Crippen LogP contribution >= 0.6 is 11.3 Å². The van der Waals surface area contributed by atoms with Crippen LogP contribution in [0.5, 0.6) is 0 Å². The summed E-state index contributed by atoms with van der Waals surface area (Å²) in [5.74, 6) is 1.56. The average Bonchev–Trinajstić information content (AvgIpc) is 2.92. The number of carbonyl (C=O) groups excluding carboxylic acids is 1. The normalized spacial score (nSPS) is 27.3. The summed E-state index contributed by atoms with van der Waals surface area (Å²) in [6, 6.07) is 4.30. The van der Waals surface area contributed by atoms with Crippen molar-refractivity contribution in [3.63, 3.8) is 0 Å². The minimum Gasteiger partial charge on any atom is -0.351 e. The summed E-state index contributed by atoms with van der Waals surface area (Å²) < 4.78 is 0. The number of fused-ring (bicyclic) bond motifs is 2. The van der Waals surface area contributed by atoms with E-state index in [0.29, 0.717) is 18.4 Å². The highest BCUT2D eigenvalue weighted by molar-refractivity contribution is 7.11. The average molecular weight is 304 g/mol. The van der Waals surface area contributed by atoms with Gasteiger partial charge in [-0.1, -0.05) is 12.2 Å². The lowest BCUT2D eigenvalue weighted by molar-refractivity contribution is -0.127. The van der Waals surface area contributed by atoms with Gasteiger partial charge in [-0.05, 0) is 57.3 Å². The summed E-state index contributed by atoms with van der Waals surface area (Å²) in [7, 11) is 4.15. The molecule has 1 saturated carbocycles. The lowest BCUT2D eigenvalue weighted by Gasteiger charge is -2.36. The van der Waals surface area contributed by atoms with Crippen LogP contribution in [-0.4, -0.2) is 24.9 Å². The van der Waals surface area contributed by atoms with Crippen LogP contribution in [0.3, 0.4) is 0 Å². The van der Waals surface area contributed by atoms with Crippen LogP contribution in [-0.2, 0) is 17.9 Å². The minimum absolute atomic E-state index is 0.204. The molecule has 1 fully saturated rings. The highest BCUT2D eigenvalue weighted by Crippen LogP contribution is 2.40. The van der Waals surface area contributed by atoms with Gasteiger partial charge in [0.25, 0.3) is 0 Å². The second kappa shape index (κ2) is 6.32. The fourth-order valence-electron chi connectivity index (χ4n) is 3.45. The molecule has 2 bridgehead atoms. The molecular formula is C17H24N2OS. The number of hydrogen-bond donors (Lipinski definition) is 1. The summed E-state index contributed by atoms with van der Waals surface area (Å²) in [4.78, 5) is 17.2. The zero-order chi connectivity index (χ0) is 14.8. The molecule has 0 radical (unpaired) electrons. The second-order valence-electron chi connectivity index (χ2n) is 6.55. The molecule has 1 heterocycles. The van der Waals surface area contributed by atoms with Gasteiger partial charge in [0.2, 0.25) is 5.91 Å². The van der Waals surface area contributed by atoms with E-state index in [1.807, 2.05) is 0 Å². The summed E-state index contributed by atoms with van der Waals surface area (Å²) in [5, 5.41) is 3.14. The Labute approximate surface area is 131 Å². The Kier molecular flexibility index (Phi) is 4.45. The third kappa shape index (κ3) is 3.55. The predicted octanol–water partition coefficient (Wildman–Crippen LogP) is 3.03. The highest BCUT2D eigenvalue weighted by Gasteiger charge is 2.36. The van der Waals surface area contributed by atoms with Crippen LogP contribution < -0.4 is 5.32 Å². The second-order valence-corrected chi connectivity index (χ2v) is 7.80. The van der Waals surface area contributed by atoms with E-state index in [9.17, 15) is 4.79 Å². The largest absolute Gasteiger partial charge is 0.351 e. The Bertz CT molecular complexity index is 535. The van der Waals surface area contributed by atoms with E-state index < -0.39 is 0 Å². The molecule has 0 aliphatic heterocycles. The first-order valence-corrected chi connectivity index (χ1v) is 8.62. The lowest BCUT2D eigenvalue weighted by Crippen LogP contribution is -2.39. The van der Waals surface area contributed by atoms with Crippen molar-refractivity contribution < 1.29 is 4.79 Å². The SMILES string of the molecule is CN(C)Cc1ccc(CNC(=O)[C@@H]2C[C@@H]3C=C[C@H]2CC3)s1. The van der Waals surface area contributed by atoms with Gasteiger partial charge in [0.15, 0.2) is 0 Å². The predicted molar refractivity (Wildman–Crippen MR) is 87.0 cm³/mol. The topological polar surface area (TPSA) is 32.3 Å². The van der Waals surface area contributed by atoms with Gasteiger partial charge in [-0.3, -0.25) is 4.79 Å². The minimum atomic E-state index is 0.204. The van der Waals surface area contributed by atoms with Gasteiger partial charge in [-0.15, -0.1) is 11.3 Å². The molecular weight excluding hydrogens is 280 g/mol.